The van der Waals surface area contributed by atoms with Gasteiger partial charge < -0.3 is 19.3 Å². The average molecular weight is 524 g/mol. The fourth-order valence-electron chi connectivity index (χ4n) is 6.04. The second-order valence-electron chi connectivity index (χ2n) is 10.3. The Balaban J connectivity index is 1.29. The van der Waals surface area contributed by atoms with Crippen molar-refractivity contribution in [3.63, 3.8) is 0 Å². The molecule has 5 heterocycles. The third-order valence-corrected chi connectivity index (χ3v) is 8.11. The van der Waals surface area contributed by atoms with Gasteiger partial charge in [0.2, 0.25) is 0 Å². The highest BCUT2D eigenvalue weighted by atomic mass is 19.4. The van der Waals surface area contributed by atoms with Gasteiger partial charge in [0.1, 0.15) is 23.4 Å². The van der Waals surface area contributed by atoms with E-state index >= 15 is 0 Å². The fraction of sp³-hybridized carbons (Fsp3) is 0.680. The van der Waals surface area contributed by atoms with Crippen molar-refractivity contribution < 1.29 is 32.2 Å². The third kappa shape index (κ3) is 4.93. The number of hydrogen-bond acceptors (Lipinski definition) is 8. The lowest BCUT2D eigenvalue weighted by molar-refractivity contribution is -0.152. The summed E-state index contributed by atoms with van der Waals surface area (Å²) < 4.78 is 50.7. The van der Waals surface area contributed by atoms with E-state index in [0.717, 1.165) is 51.5 Å². The van der Waals surface area contributed by atoms with Gasteiger partial charge in [-0.3, -0.25) is 9.69 Å². The number of piperazine rings is 1. The zero-order valence-electron chi connectivity index (χ0n) is 21.1. The molecular weight excluding hydrogens is 491 g/mol. The highest BCUT2D eigenvalue weighted by Gasteiger charge is 2.52. The van der Waals surface area contributed by atoms with Crippen LogP contribution in [0.1, 0.15) is 45.2 Å². The van der Waals surface area contributed by atoms with E-state index in [-0.39, 0.29) is 17.8 Å². The summed E-state index contributed by atoms with van der Waals surface area (Å²) in [4.78, 5) is 39.7. The Hall–Kier alpha value is -2.73. The van der Waals surface area contributed by atoms with Crippen LogP contribution in [0.25, 0.3) is 0 Å². The van der Waals surface area contributed by atoms with Crippen LogP contribution in [-0.2, 0) is 25.2 Å². The Bertz CT molecular complexity index is 1080. The minimum atomic E-state index is -4.56. The second-order valence-corrected chi connectivity index (χ2v) is 10.3. The predicted octanol–water partition coefficient (Wildman–Crippen LogP) is 2.42. The number of anilines is 1. The fourth-order valence-corrected chi connectivity index (χ4v) is 6.04. The molecule has 1 aromatic heterocycles. The number of aromatic nitrogens is 2. The SMILES string of the molecule is CC1=C(C(=O)N2CCN(c3cc(C(F)(F)F)ncn3)CC2C)C2(CCN(C3CCOCC3)CC2)OC1=O. The van der Waals surface area contributed by atoms with Crippen molar-refractivity contribution in [1.82, 2.24) is 19.8 Å². The minimum Gasteiger partial charge on any atom is -0.450 e. The number of alkyl halides is 3. The number of rotatable bonds is 3. The topological polar surface area (TPSA) is 88.1 Å². The highest BCUT2D eigenvalue weighted by molar-refractivity contribution is 6.07. The van der Waals surface area contributed by atoms with E-state index in [9.17, 15) is 22.8 Å². The van der Waals surface area contributed by atoms with Crippen molar-refractivity contribution >= 4 is 17.7 Å². The standard InChI is InChI=1S/C25H32F3N5O4/c1-16-14-32(20-13-19(25(26,27)28)29-15-30-20)9-10-33(16)22(34)21-17(2)23(35)37-24(21)5-7-31(8-6-24)18-3-11-36-12-4-18/h13,15-16,18H,3-12,14H2,1-2H3. The normalized spacial score (nSPS) is 25.6. The first kappa shape index (κ1) is 25.9. The minimum absolute atomic E-state index is 0.174. The Labute approximate surface area is 213 Å². The van der Waals surface area contributed by atoms with Crippen molar-refractivity contribution in [3.8, 4) is 0 Å². The first-order valence-corrected chi connectivity index (χ1v) is 12.8. The van der Waals surface area contributed by atoms with Gasteiger partial charge in [-0.1, -0.05) is 0 Å². The number of ether oxygens (including phenoxy) is 2. The molecule has 4 aliphatic heterocycles. The highest BCUT2D eigenvalue weighted by Crippen LogP contribution is 2.43. The Morgan fingerprint density at radius 1 is 1.11 bits per heavy atom. The van der Waals surface area contributed by atoms with Crippen LogP contribution in [0.5, 0.6) is 0 Å². The molecule has 0 aromatic carbocycles. The van der Waals surface area contributed by atoms with Gasteiger partial charge in [-0.15, -0.1) is 0 Å². The van der Waals surface area contributed by atoms with Gasteiger partial charge >= 0.3 is 12.1 Å². The first-order valence-electron chi connectivity index (χ1n) is 12.8. The molecular formula is C25H32F3N5O4. The maximum Gasteiger partial charge on any atom is 0.433 e. The summed E-state index contributed by atoms with van der Waals surface area (Å²) in [6, 6.07) is 1.07. The summed E-state index contributed by atoms with van der Waals surface area (Å²) in [7, 11) is 0. The quantitative estimate of drug-likeness (QED) is 0.559. The largest absolute Gasteiger partial charge is 0.450 e. The number of likely N-dealkylation sites (tertiary alicyclic amines) is 1. The smallest absolute Gasteiger partial charge is 0.433 e. The lowest BCUT2D eigenvalue weighted by Gasteiger charge is -2.45. The molecule has 1 aromatic rings. The van der Waals surface area contributed by atoms with Gasteiger partial charge in [-0.05, 0) is 26.7 Å². The molecule has 0 radical (unpaired) electrons. The van der Waals surface area contributed by atoms with E-state index < -0.39 is 23.4 Å². The summed E-state index contributed by atoms with van der Waals surface area (Å²) in [6.45, 7) is 7.39. The molecule has 0 N–H and O–H groups in total. The van der Waals surface area contributed by atoms with Gasteiger partial charge in [0.25, 0.3) is 5.91 Å². The van der Waals surface area contributed by atoms with Gasteiger partial charge in [0.15, 0.2) is 0 Å². The van der Waals surface area contributed by atoms with Crippen LogP contribution in [0.4, 0.5) is 19.0 Å². The summed E-state index contributed by atoms with van der Waals surface area (Å²) in [5.74, 6) is -0.503. The Morgan fingerprint density at radius 2 is 1.81 bits per heavy atom. The first-order chi connectivity index (χ1) is 17.6. The predicted molar refractivity (Wildman–Crippen MR) is 127 cm³/mol. The summed E-state index contributed by atoms with van der Waals surface area (Å²) in [5.41, 5.74) is -1.14. The van der Waals surface area contributed by atoms with Crippen molar-refractivity contribution in [3.05, 3.63) is 29.2 Å². The van der Waals surface area contributed by atoms with Crippen LogP contribution in [0.2, 0.25) is 0 Å². The number of amides is 1. The van der Waals surface area contributed by atoms with E-state index in [1.54, 1.807) is 16.7 Å². The van der Waals surface area contributed by atoms with Crippen LogP contribution in [-0.4, -0.2) is 95.3 Å². The zero-order valence-corrected chi connectivity index (χ0v) is 21.1. The van der Waals surface area contributed by atoms with Crippen molar-refractivity contribution in [2.45, 2.75) is 63.4 Å². The third-order valence-electron chi connectivity index (χ3n) is 8.11. The Kier molecular flexibility index (Phi) is 6.90. The molecule has 3 saturated heterocycles. The molecule has 1 amide bonds. The van der Waals surface area contributed by atoms with E-state index in [1.165, 1.54) is 0 Å². The molecule has 3 fully saturated rings. The molecule has 9 nitrogen and oxygen atoms in total. The maximum absolute atomic E-state index is 13.9. The number of carbonyl (C=O) groups is 2. The molecule has 1 atom stereocenters. The van der Waals surface area contributed by atoms with E-state index in [1.807, 2.05) is 6.92 Å². The van der Waals surface area contributed by atoms with Crippen molar-refractivity contribution in [1.29, 1.82) is 0 Å². The van der Waals surface area contributed by atoms with Gasteiger partial charge in [0.05, 0.1) is 5.57 Å². The van der Waals surface area contributed by atoms with Gasteiger partial charge in [-0.2, -0.15) is 13.2 Å². The van der Waals surface area contributed by atoms with Crippen LogP contribution >= 0.6 is 0 Å². The van der Waals surface area contributed by atoms with Crippen LogP contribution in [0, 0.1) is 0 Å². The molecule has 202 valence electrons. The summed E-state index contributed by atoms with van der Waals surface area (Å²) in [6.07, 6.45) is -0.576. The number of piperidine rings is 1. The number of hydrogen-bond donors (Lipinski definition) is 0. The van der Waals surface area contributed by atoms with Gasteiger partial charge in [0, 0.05) is 82.5 Å². The molecule has 0 saturated carbocycles. The number of nitrogens with zero attached hydrogens (tertiary/aromatic N) is 5. The van der Waals surface area contributed by atoms with E-state index in [2.05, 4.69) is 14.9 Å². The van der Waals surface area contributed by atoms with Crippen LogP contribution in [0.15, 0.2) is 23.5 Å². The van der Waals surface area contributed by atoms with E-state index in [4.69, 9.17) is 9.47 Å². The van der Waals surface area contributed by atoms with E-state index in [0.29, 0.717) is 49.7 Å². The van der Waals surface area contributed by atoms with Crippen molar-refractivity contribution in [2.75, 3.05) is 50.8 Å². The van der Waals surface area contributed by atoms with Gasteiger partial charge in [-0.25, -0.2) is 14.8 Å². The monoisotopic (exact) mass is 523 g/mol. The molecule has 0 aliphatic carbocycles. The molecule has 5 rings (SSSR count). The number of halogens is 3. The molecule has 4 aliphatic rings. The van der Waals surface area contributed by atoms with Crippen LogP contribution in [0.3, 0.4) is 0 Å². The number of carbonyl (C=O) groups excluding carboxylic acids is 2. The molecule has 0 bridgehead atoms. The number of esters is 1. The average Bonchev–Trinajstić information content (AvgIpc) is 3.12. The second kappa shape index (κ2) is 9.86. The molecule has 12 heteroatoms. The maximum atomic E-state index is 13.9. The van der Waals surface area contributed by atoms with Crippen LogP contribution < -0.4 is 4.90 Å². The molecule has 1 unspecified atom stereocenters. The molecule has 1 spiro atoms. The molecule has 37 heavy (non-hydrogen) atoms. The zero-order chi connectivity index (χ0) is 26.4. The Morgan fingerprint density at radius 3 is 2.46 bits per heavy atom. The summed E-state index contributed by atoms with van der Waals surface area (Å²) >= 11 is 0. The lowest BCUT2D eigenvalue weighted by Crippen LogP contribution is -2.57. The lowest BCUT2D eigenvalue weighted by atomic mass is 9.81. The van der Waals surface area contributed by atoms with Crippen molar-refractivity contribution in [2.24, 2.45) is 0 Å². The summed E-state index contributed by atoms with van der Waals surface area (Å²) in [5, 5.41) is 0.